The summed E-state index contributed by atoms with van der Waals surface area (Å²) in [5.74, 6) is -0.0619. The molecule has 1 aliphatic carbocycles. The molecule has 1 saturated carbocycles. The van der Waals surface area contributed by atoms with Crippen LogP contribution >= 0.6 is 0 Å². The molecule has 6 heteroatoms. The van der Waals surface area contributed by atoms with Crippen molar-refractivity contribution in [1.82, 2.24) is 10.2 Å². The molecule has 6 nitrogen and oxygen atoms in total. The van der Waals surface area contributed by atoms with E-state index in [0.717, 1.165) is 18.5 Å². The summed E-state index contributed by atoms with van der Waals surface area (Å²) in [4.78, 5) is 26.3. The van der Waals surface area contributed by atoms with Crippen LogP contribution in [0, 0.1) is 0 Å². The van der Waals surface area contributed by atoms with E-state index in [2.05, 4.69) is 10.6 Å². The number of hydrogen-bond acceptors (Lipinski definition) is 4. The number of likely N-dealkylation sites (N-methyl/N-ethyl adjacent to an activating group) is 1. The van der Waals surface area contributed by atoms with Crippen molar-refractivity contribution in [3.8, 4) is 0 Å². The predicted molar refractivity (Wildman–Crippen MR) is 98.8 cm³/mol. The fourth-order valence-electron chi connectivity index (χ4n) is 3.11. The van der Waals surface area contributed by atoms with E-state index in [4.69, 9.17) is 4.74 Å². The maximum Gasteiger partial charge on any atom is 0.251 e. The number of ether oxygens (including phenoxy) is 1. The first-order valence-electron chi connectivity index (χ1n) is 8.98. The molecule has 2 rings (SSSR count). The highest BCUT2D eigenvalue weighted by Gasteiger charge is 2.21. The summed E-state index contributed by atoms with van der Waals surface area (Å²) in [6.07, 6.45) is 5.88. The normalized spacial score (nSPS) is 14.8. The molecule has 0 aromatic heterocycles. The molecule has 1 aliphatic rings. The Morgan fingerprint density at radius 2 is 2.00 bits per heavy atom. The van der Waals surface area contributed by atoms with Gasteiger partial charge in [0.25, 0.3) is 5.91 Å². The lowest BCUT2D eigenvalue weighted by Gasteiger charge is -2.31. The maximum atomic E-state index is 12.4. The van der Waals surface area contributed by atoms with E-state index in [1.807, 2.05) is 24.1 Å². The van der Waals surface area contributed by atoms with E-state index in [1.54, 1.807) is 19.2 Å². The molecule has 2 amide bonds. The number of amides is 2. The van der Waals surface area contributed by atoms with Crippen LogP contribution in [-0.2, 0) is 9.53 Å². The Hall–Kier alpha value is -2.08. The largest absolute Gasteiger partial charge is 0.383 e. The topological polar surface area (TPSA) is 70.7 Å². The average molecular weight is 347 g/mol. The molecule has 2 N–H and O–H groups in total. The van der Waals surface area contributed by atoms with Gasteiger partial charge in [-0.2, -0.15) is 0 Å². The highest BCUT2D eigenvalue weighted by molar-refractivity contribution is 5.95. The van der Waals surface area contributed by atoms with Crippen molar-refractivity contribution in [2.45, 2.75) is 38.1 Å². The molecular formula is C19H29N3O3. The van der Waals surface area contributed by atoms with Crippen LogP contribution in [0.25, 0.3) is 0 Å². The Morgan fingerprint density at radius 3 is 2.72 bits per heavy atom. The quantitative estimate of drug-likeness (QED) is 0.708. The van der Waals surface area contributed by atoms with Gasteiger partial charge in [-0.1, -0.05) is 25.3 Å². The third-order valence-corrected chi connectivity index (χ3v) is 4.68. The summed E-state index contributed by atoms with van der Waals surface area (Å²) in [5, 5.41) is 5.92. The molecule has 0 radical (unpaired) electrons. The number of nitrogens with zero attached hydrogens (tertiary/aromatic N) is 1. The number of anilines is 1. The van der Waals surface area contributed by atoms with Crippen molar-refractivity contribution in [2.24, 2.45) is 0 Å². The number of carbonyl (C=O) groups is 2. The van der Waals surface area contributed by atoms with Crippen molar-refractivity contribution in [2.75, 3.05) is 39.2 Å². The Bertz CT molecular complexity index is 571. The SMILES string of the molecule is COCCNC(=O)c1cccc(NCC(=O)N(C)C2CCCCC2)c1. The van der Waals surface area contributed by atoms with Crippen LogP contribution in [0.3, 0.4) is 0 Å². The number of carbonyl (C=O) groups excluding carboxylic acids is 2. The first-order valence-corrected chi connectivity index (χ1v) is 8.98. The van der Waals surface area contributed by atoms with Gasteiger partial charge in [-0.25, -0.2) is 0 Å². The molecule has 0 atom stereocenters. The molecule has 0 bridgehead atoms. The zero-order chi connectivity index (χ0) is 18.1. The van der Waals surface area contributed by atoms with Gasteiger partial charge in [0, 0.05) is 38.0 Å². The number of hydrogen-bond donors (Lipinski definition) is 2. The van der Waals surface area contributed by atoms with Gasteiger partial charge in [-0.15, -0.1) is 0 Å². The molecule has 0 aliphatic heterocycles. The second-order valence-corrected chi connectivity index (χ2v) is 6.48. The molecule has 25 heavy (non-hydrogen) atoms. The highest BCUT2D eigenvalue weighted by atomic mass is 16.5. The van der Waals surface area contributed by atoms with Crippen LogP contribution in [0.5, 0.6) is 0 Å². The average Bonchev–Trinajstić information content (AvgIpc) is 2.66. The fourth-order valence-corrected chi connectivity index (χ4v) is 3.11. The van der Waals surface area contributed by atoms with Gasteiger partial charge in [-0.3, -0.25) is 9.59 Å². The monoisotopic (exact) mass is 347 g/mol. The molecule has 0 spiro atoms. The highest BCUT2D eigenvalue weighted by Crippen LogP contribution is 2.21. The standard InChI is InChI=1S/C19H29N3O3/c1-22(17-9-4-3-5-10-17)18(23)14-21-16-8-6-7-15(13-16)19(24)20-11-12-25-2/h6-8,13,17,21H,3-5,9-12,14H2,1-2H3,(H,20,24). The molecule has 0 unspecified atom stereocenters. The number of methoxy groups -OCH3 is 1. The van der Waals surface area contributed by atoms with Crippen molar-refractivity contribution in [1.29, 1.82) is 0 Å². The molecule has 0 heterocycles. The van der Waals surface area contributed by atoms with Crippen molar-refractivity contribution >= 4 is 17.5 Å². The smallest absolute Gasteiger partial charge is 0.251 e. The summed E-state index contributed by atoms with van der Waals surface area (Å²) < 4.78 is 4.92. The van der Waals surface area contributed by atoms with Gasteiger partial charge >= 0.3 is 0 Å². The van der Waals surface area contributed by atoms with Crippen LogP contribution in [-0.4, -0.2) is 56.6 Å². The Balaban J connectivity index is 1.84. The van der Waals surface area contributed by atoms with Crippen molar-refractivity contribution in [3.63, 3.8) is 0 Å². The molecule has 1 fully saturated rings. The van der Waals surface area contributed by atoms with Gasteiger partial charge in [0.1, 0.15) is 0 Å². The summed E-state index contributed by atoms with van der Waals surface area (Å²) in [7, 11) is 3.48. The first-order chi connectivity index (χ1) is 12.1. The summed E-state index contributed by atoms with van der Waals surface area (Å²) in [5.41, 5.74) is 1.33. The van der Waals surface area contributed by atoms with Crippen LogP contribution in [0.15, 0.2) is 24.3 Å². The van der Waals surface area contributed by atoms with E-state index in [-0.39, 0.29) is 18.4 Å². The maximum absolute atomic E-state index is 12.4. The van der Waals surface area contributed by atoms with Crippen LogP contribution in [0.1, 0.15) is 42.5 Å². The lowest BCUT2D eigenvalue weighted by Crippen LogP contribution is -2.41. The number of benzene rings is 1. The Morgan fingerprint density at radius 1 is 1.24 bits per heavy atom. The number of rotatable bonds is 8. The zero-order valence-electron chi connectivity index (χ0n) is 15.2. The lowest BCUT2D eigenvalue weighted by atomic mass is 9.94. The summed E-state index contributed by atoms with van der Waals surface area (Å²) in [6.45, 7) is 1.19. The molecule has 138 valence electrons. The Labute approximate surface area is 149 Å². The van der Waals surface area contributed by atoms with Gasteiger partial charge in [0.05, 0.1) is 13.2 Å². The van der Waals surface area contributed by atoms with E-state index in [0.29, 0.717) is 24.8 Å². The lowest BCUT2D eigenvalue weighted by molar-refractivity contribution is -0.130. The molecular weight excluding hydrogens is 318 g/mol. The van der Waals surface area contributed by atoms with Gasteiger partial charge in [0.15, 0.2) is 0 Å². The Kier molecular flexibility index (Phi) is 7.73. The van der Waals surface area contributed by atoms with E-state index in [9.17, 15) is 9.59 Å². The third kappa shape index (κ3) is 6.05. The fraction of sp³-hybridized carbons (Fsp3) is 0.579. The zero-order valence-corrected chi connectivity index (χ0v) is 15.2. The van der Waals surface area contributed by atoms with Crippen molar-refractivity contribution in [3.05, 3.63) is 29.8 Å². The molecule has 0 saturated heterocycles. The first kappa shape index (κ1) is 19.2. The van der Waals surface area contributed by atoms with Gasteiger partial charge in [0.2, 0.25) is 5.91 Å². The van der Waals surface area contributed by atoms with E-state index >= 15 is 0 Å². The second kappa shape index (κ2) is 10.0. The van der Waals surface area contributed by atoms with Gasteiger partial charge in [-0.05, 0) is 31.0 Å². The minimum absolute atomic E-state index is 0.0850. The predicted octanol–water partition coefficient (Wildman–Crippen LogP) is 2.27. The van der Waals surface area contributed by atoms with Gasteiger partial charge < -0.3 is 20.3 Å². The van der Waals surface area contributed by atoms with Crippen LogP contribution in [0.4, 0.5) is 5.69 Å². The van der Waals surface area contributed by atoms with Crippen LogP contribution < -0.4 is 10.6 Å². The second-order valence-electron chi connectivity index (χ2n) is 6.48. The number of nitrogens with one attached hydrogen (secondary N) is 2. The molecule has 1 aromatic rings. The minimum atomic E-state index is -0.147. The van der Waals surface area contributed by atoms with Crippen LogP contribution in [0.2, 0.25) is 0 Å². The van der Waals surface area contributed by atoms with E-state index in [1.165, 1.54) is 19.3 Å². The minimum Gasteiger partial charge on any atom is -0.383 e. The summed E-state index contributed by atoms with van der Waals surface area (Å²) in [6, 6.07) is 7.54. The summed E-state index contributed by atoms with van der Waals surface area (Å²) >= 11 is 0. The third-order valence-electron chi connectivity index (χ3n) is 4.68. The van der Waals surface area contributed by atoms with E-state index < -0.39 is 0 Å². The molecule has 1 aromatic carbocycles. The van der Waals surface area contributed by atoms with Crippen molar-refractivity contribution < 1.29 is 14.3 Å².